The highest BCUT2D eigenvalue weighted by atomic mass is 16.5. The molecule has 0 bridgehead atoms. The van der Waals surface area contributed by atoms with E-state index in [9.17, 15) is 4.79 Å². The summed E-state index contributed by atoms with van der Waals surface area (Å²) in [5.74, 6) is 0.468. The third kappa shape index (κ3) is 7.57. The molecule has 0 aromatic heterocycles. The number of ether oxygens (including phenoxy) is 2. The van der Waals surface area contributed by atoms with Crippen molar-refractivity contribution in [3.8, 4) is 5.75 Å². The zero-order valence-electron chi connectivity index (χ0n) is 14.7. The highest BCUT2D eigenvalue weighted by molar-refractivity contribution is 5.85. The van der Waals surface area contributed by atoms with Crippen LogP contribution in [0.2, 0.25) is 0 Å². The van der Waals surface area contributed by atoms with E-state index in [4.69, 9.17) is 14.6 Å². The fraction of sp³-hybridized carbons (Fsp3) is 0.476. The van der Waals surface area contributed by atoms with Crippen molar-refractivity contribution in [3.05, 3.63) is 48.6 Å². The van der Waals surface area contributed by atoms with Crippen LogP contribution in [0.1, 0.15) is 44.1 Å². The van der Waals surface area contributed by atoms with Crippen LogP contribution in [-0.4, -0.2) is 30.4 Å². The monoisotopic (exact) mass is 344 g/mol. The number of carboxylic acid groups (broad SMARTS) is 1. The summed E-state index contributed by atoms with van der Waals surface area (Å²) in [6, 6.07) is 7.50. The van der Waals surface area contributed by atoms with E-state index in [2.05, 4.69) is 6.58 Å². The normalized spacial score (nSPS) is 20.5. The maximum atomic E-state index is 10.5. The van der Waals surface area contributed by atoms with Gasteiger partial charge in [0.25, 0.3) is 0 Å². The molecule has 25 heavy (non-hydrogen) atoms. The van der Waals surface area contributed by atoms with Gasteiger partial charge in [-0.1, -0.05) is 18.2 Å². The van der Waals surface area contributed by atoms with Gasteiger partial charge in [-0.3, -0.25) is 0 Å². The van der Waals surface area contributed by atoms with E-state index >= 15 is 0 Å². The molecule has 0 radical (unpaired) electrons. The van der Waals surface area contributed by atoms with Crippen LogP contribution < -0.4 is 4.74 Å². The van der Waals surface area contributed by atoms with Crippen molar-refractivity contribution in [1.29, 1.82) is 0 Å². The van der Waals surface area contributed by atoms with E-state index in [-0.39, 0.29) is 0 Å². The van der Waals surface area contributed by atoms with Crippen molar-refractivity contribution in [2.24, 2.45) is 5.92 Å². The predicted molar refractivity (Wildman–Crippen MR) is 99.7 cm³/mol. The molecule has 136 valence electrons. The van der Waals surface area contributed by atoms with E-state index in [1.54, 1.807) is 6.08 Å². The van der Waals surface area contributed by atoms with Crippen LogP contribution in [0.25, 0.3) is 6.08 Å². The Morgan fingerprint density at radius 1 is 1.20 bits per heavy atom. The topological polar surface area (TPSA) is 55.8 Å². The van der Waals surface area contributed by atoms with Gasteiger partial charge >= 0.3 is 5.97 Å². The van der Waals surface area contributed by atoms with E-state index in [0.717, 1.165) is 69.1 Å². The molecule has 1 aliphatic rings. The first-order chi connectivity index (χ1) is 12.2. The average molecular weight is 344 g/mol. The fourth-order valence-electron chi connectivity index (χ4n) is 3.00. The lowest BCUT2D eigenvalue weighted by molar-refractivity contribution is -0.131. The van der Waals surface area contributed by atoms with Gasteiger partial charge in [0.05, 0.1) is 12.7 Å². The summed E-state index contributed by atoms with van der Waals surface area (Å²) < 4.78 is 11.8. The summed E-state index contributed by atoms with van der Waals surface area (Å²) in [6.45, 7) is 5.29. The third-order valence-electron chi connectivity index (χ3n) is 4.48. The standard InChI is InChI=1S/C21H28O4/c1-2-3-4-15-24-19-12-7-18(8-13-19)16-25-20-10-5-17(6-11-20)9-14-21(22)23/h2,5-6,9-11,14,18-19H,1,3-4,7-8,12-13,15-16H2,(H,22,23)/b14-9+. The van der Waals surface area contributed by atoms with Gasteiger partial charge < -0.3 is 14.6 Å². The molecular formula is C21H28O4. The summed E-state index contributed by atoms with van der Waals surface area (Å²) in [7, 11) is 0. The number of aliphatic carboxylic acids is 1. The molecule has 1 N–H and O–H groups in total. The summed E-state index contributed by atoms with van der Waals surface area (Å²) in [4.78, 5) is 10.5. The van der Waals surface area contributed by atoms with Crippen LogP contribution in [0, 0.1) is 5.92 Å². The van der Waals surface area contributed by atoms with Gasteiger partial charge in [0.2, 0.25) is 0 Å². The van der Waals surface area contributed by atoms with Crippen LogP contribution in [0.3, 0.4) is 0 Å². The van der Waals surface area contributed by atoms with Gasteiger partial charge in [0.1, 0.15) is 5.75 Å². The van der Waals surface area contributed by atoms with Gasteiger partial charge in [-0.25, -0.2) is 4.79 Å². The van der Waals surface area contributed by atoms with E-state index < -0.39 is 5.97 Å². The number of allylic oxidation sites excluding steroid dienone is 1. The average Bonchev–Trinajstić information content (AvgIpc) is 2.63. The maximum Gasteiger partial charge on any atom is 0.328 e. The molecule has 1 fully saturated rings. The molecule has 1 saturated carbocycles. The molecule has 0 amide bonds. The Morgan fingerprint density at radius 2 is 1.92 bits per heavy atom. The number of carboxylic acids is 1. The molecule has 0 atom stereocenters. The van der Waals surface area contributed by atoms with Crippen molar-refractivity contribution >= 4 is 12.0 Å². The molecule has 1 aliphatic carbocycles. The second kappa shape index (κ2) is 10.7. The first-order valence-corrected chi connectivity index (χ1v) is 9.03. The van der Waals surface area contributed by atoms with Crippen molar-refractivity contribution in [2.45, 2.75) is 44.6 Å². The second-order valence-electron chi connectivity index (χ2n) is 6.50. The van der Waals surface area contributed by atoms with Gasteiger partial charge in [0.15, 0.2) is 0 Å². The lowest BCUT2D eigenvalue weighted by atomic mass is 9.88. The molecule has 0 aliphatic heterocycles. The van der Waals surface area contributed by atoms with Gasteiger partial charge in [-0.15, -0.1) is 6.58 Å². The van der Waals surface area contributed by atoms with Gasteiger partial charge in [0, 0.05) is 12.7 Å². The maximum absolute atomic E-state index is 10.5. The second-order valence-corrected chi connectivity index (χ2v) is 6.50. The van der Waals surface area contributed by atoms with Crippen LogP contribution >= 0.6 is 0 Å². The summed E-state index contributed by atoms with van der Waals surface area (Å²) in [6.07, 6.45) is 11.6. The Kier molecular flexibility index (Phi) is 8.26. The molecule has 0 saturated heterocycles. The van der Waals surface area contributed by atoms with Crippen LogP contribution in [0.15, 0.2) is 43.0 Å². The van der Waals surface area contributed by atoms with E-state index in [1.807, 2.05) is 30.3 Å². The minimum absolute atomic E-state index is 0.404. The van der Waals surface area contributed by atoms with E-state index in [1.165, 1.54) is 0 Å². The molecule has 1 aromatic carbocycles. The molecular weight excluding hydrogens is 316 g/mol. The molecule has 4 heteroatoms. The van der Waals surface area contributed by atoms with Crippen molar-refractivity contribution in [1.82, 2.24) is 0 Å². The number of hydrogen-bond donors (Lipinski definition) is 1. The van der Waals surface area contributed by atoms with Crippen molar-refractivity contribution < 1.29 is 19.4 Å². The highest BCUT2D eigenvalue weighted by Gasteiger charge is 2.21. The molecule has 4 nitrogen and oxygen atoms in total. The highest BCUT2D eigenvalue weighted by Crippen LogP contribution is 2.27. The SMILES string of the molecule is C=CCCCOC1CCC(COc2ccc(/C=C/C(=O)O)cc2)CC1. The Labute approximate surface area is 150 Å². The van der Waals surface area contributed by atoms with Crippen molar-refractivity contribution in [3.63, 3.8) is 0 Å². The predicted octanol–water partition coefficient (Wildman–Crippen LogP) is 4.70. The van der Waals surface area contributed by atoms with Crippen LogP contribution in [-0.2, 0) is 9.53 Å². The smallest absolute Gasteiger partial charge is 0.328 e. The Bertz CT molecular complexity index is 554. The number of rotatable bonds is 10. The Hall–Kier alpha value is -2.07. The summed E-state index contributed by atoms with van der Waals surface area (Å²) >= 11 is 0. The first kappa shape index (κ1) is 19.3. The van der Waals surface area contributed by atoms with Crippen LogP contribution in [0.4, 0.5) is 0 Å². The van der Waals surface area contributed by atoms with Gasteiger partial charge in [-0.05, 0) is 68.2 Å². The van der Waals surface area contributed by atoms with Crippen molar-refractivity contribution in [2.75, 3.05) is 13.2 Å². The zero-order valence-corrected chi connectivity index (χ0v) is 14.7. The lowest BCUT2D eigenvalue weighted by Crippen LogP contribution is -2.25. The number of benzene rings is 1. The van der Waals surface area contributed by atoms with Gasteiger partial charge in [-0.2, -0.15) is 0 Å². The molecule has 0 unspecified atom stereocenters. The third-order valence-corrected chi connectivity index (χ3v) is 4.48. The number of unbranched alkanes of at least 4 members (excludes halogenated alkanes) is 1. The Balaban J connectivity index is 1.65. The molecule has 2 rings (SSSR count). The minimum Gasteiger partial charge on any atom is -0.493 e. The molecule has 0 heterocycles. The minimum atomic E-state index is -0.944. The fourth-order valence-corrected chi connectivity index (χ4v) is 3.00. The molecule has 0 spiro atoms. The van der Waals surface area contributed by atoms with Crippen LogP contribution in [0.5, 0.6) is 5.75 Å². The zero-order chi connectivity index (χ0) is 17.9. The number of carbonyl (C=O) groups is 1. The summed E-state index contributed by atoms with van der Waals surface area (Å²) in [5.41, 5.74) is 0.851. The summed E-state index contributed by atoms with van der Waals surface area (Å²) in [5, 5.41) is 8.62. The number of hydrogen-bond acceptors (Lipinski definition) is 3. The first-order valence-electron chi connectivity index (χ1n) is 9.03. The largest absolute Gasteiger partial charge is 0.493 e. The Morgan fingerprint density at radius 3 is 2.56 bits per heavy atom. The quantitative estimate of drug-likeness (QED) is 0.379. The van der Waals surface area contributed by atoms with E-state index in [0.29, 0.717) is 12.0 Å². The molecule has 1 aromatic rings. The lowest BCUT2D eigenvalue weighted by Gasteiger charge is -2.28.